The molecule has 0 bridgehead atoms. The Morgan fingerprint density at radius 3 is 1.81 bits per heavy atom. The molecule has 10 heteroatoms. The number of hydrogen-bond donors (Lipinski definition) is 0. The van der Waals surface area contributed by atoms with Crippen LogP contribution in [-0.4, -0.2) is 61.2 Å². The minimum Gasteiger partial charge on any atom is -0.463 e. The molecule has 4 rings (SSSR count). The molecule has 1 aliphatic rings. The van der Waals surface area contributed by atoms with Crippen molar-refractivity contribution in [2.45, 2.75) is 64.8 Å². The van der Waals surface area contributed by atoms with Crippen LogP contribution in [0.1, 0.15) is 38.8 Å². The number of hydrogen-bond acceptors (Lipinski definition) is 10. The lowest BCUT2D eigenvalue weighted by molar-refractivity contribution is -0.288. The van der Waals surface area contributed by atoms with Crippen molar-refractivity contribution in [2.75, 3.05) is 6.61 Å². The van der Waals surface area contributed by atoms with Crippen LogP contribution in [0.5, 0.6) is 5.75 Å². The fourth-order valence-corrected chi connectivity index (χ4v) is 4.84. The first-order valence-electron chi connectivity index (χ1n) is 13.8. The van der Waals surface area contributed by atoms with Gasteiger partial charge in [-0.3, -0.25) is 19.2 Å². The fraction of sp³-hybridized carbons (Fsp3) is 0.333. The van der Waals surface area contributed by atoms with Gasteiger partial charge in [-0.2, -0.15) is 0 Å². The van der Waals surface area contributed by atoms with Crippen molar-refractivity contribution in [1.29, 1.82) is 0 Å². The third kappa shape index (κ3) is 8.65. The van der Waals surface area contributed by atoms with E-state index < -0.39 is 54.6 Å². The van der Waals surface area contributed by atoms with Crippen LogP contribution in [0.25, 0.3) is 11.1 Å². The molecule has 1 saturated heterocycles. The van der Waals surface area contributed by atoms with E-state index in [9.17, 15) is 19.2 Å². The summed E-state index contributed by atoms with van der Waals surface area (Å²) in [6.45, 7) is 4.39. The molecule has 0 spiro atoms. The first-order valence-corrected chi connectivity index (χ1v) is 13.8. The third-order valence-electron chi connectivity index (χ3n) is 6.62. The van der Waals surface area contributed by atoms with Gasteiger partial charge in [-0.15, -0.1) is 0 Å². The van der Waals surface area contributed by atoms with Gasteiger partial charge in [-0.25, -0.2) is 0 Å². The molecule has 1 fully saturated rings. The molecule has 226 valence electrons. The molecule has 0 aliphatic carbocycles. The van der Waals surface area contributed by atoms with Crippen molar-refractivity contribution in [3.63, 3.8) is 0 Å². The summed E-state index contributed by atoms with van der Waals surface area (Å²) in [7, 11) is 0. The summed E-state index contributed by atoms with van der Waals surface area (Å²) in [4.78, 5) is 47.9. The monoisotopic (exact) mass is 590 g/mol. The van der Waals surface area contributed by atoms with Crippen LogP contribution in [0.3, 0.4) is 0 Å². The van der Waals surface area contributed by atoms with Crippen molar-refractivity contribution < 1.29 is 47.6 Å². The fourth-order valence-electron chi connectivity index (χ4n) is 4.84. The van der Waals surface area contributed by atoms with E-state index in [0.29, 0.717) is 12.2 Å². The zero-order valence-corrected chi connectivity index (χ0v) is 24.4. The summed E-state index contributed by atoms with van der Waals surface area (Å²) in [5.41, 5.74) is 4.04. The Morgan fingerprint density at radius 2 is 1.19 bits per heavy atom. The lowest BCUT2D eigenvalue weighted by atomic mass is 9.97. The van der Waals surface area contributed by atoms with Gasteiger partial charge in [0.15, 0.2) is 12.2 Å². The molecule has 1 aliphatic heterocycles. The third-order valence-corrected chi connectivity index (χ3v) is 6.62. The van der Waals surface area contributed by atoms with Gasteiger partial charge in [-0.05, 0) is 28.3 Å². The molecule has 5 atom stereocenters. The second-order valence-corrected chi connectivity index (χ2v) is 10.0. The molecule has 0 aromatic heterocycles. The lowest BCUT2D eigenvalue weighted by Gasteiger charge is -2.44. The first kappa shape index (κ1) is 31.2. The summed E-state index contributed by atoms with van der Waals surface area (Å²) >= 11 is 0. The highest BCUT2D eigenvalue weighted by Crippen LogP contribution is 2.33. The van der Waals surface area contributed by atoms with Crippen LogP contribution in [-0.2, 0) is 49.3 Å². The summed E-state index contributed by atoms with van der Waals surface area (Å²) in [6, 6.07) is 25.5. The summed E-state index contributed by atoms with van der Waals surface area (Å²) in [5.74, 6) is -2.30. The molecule has 0 radical (unpaired) electrons. The second kappa shape index (κ2) is 14.5. The quantitative estimate of drug-likeness (QED) is 0.248. The topological polar surface area (TPSA) is 124 Å². The van der Waals surface area contributed by atoms with E-state index >= 15 is 0 Å². The summed E-state index contributed by atoms with van der Waals surface area (Å²) in [6.07, 6.45) is -5.81. The Morgan fingerprint density at radius 1 is 0.628 bits per heavy atom. The van der Waals surface area contributed by atoms with Crippen LogP contribution in [0.4, 0.5) is 0 Å². The van der Waals surface area contributed by atoms with Crippen molar-refractivity contribution >= 4 is 23.9 Å². The molecule has 1 heterocycles. The van der Waals surface area contributed by atoms with Gasteiger partial charge in [0.2, 0.25) is 12.4 Å². The number of ether oxygens (including phenoxy) is 6. The molecule has 3 aromatic rings. The highest BCUT2D eigenvalue weighted by Gasteiger charge is 2.53. The SMILES string of the molecule is CC(=O)OC[C@H]1O[C@@H](Oc2ccccc2Cc2ccc(-c3ccccc3)cc2)[C@H](OC(C)=O)[C@@H](OC(C)=O)[C@@H]1OC(C)=O. The van der Waals surface area contributed by atoms with Crippen LogP contribution < -0.4 is 4.74 Å². The summed E-state index contributed by atoms with van der Waals surface area (Å²) in [5, 5.41) is 0. The van der Waals surface area contributed by atoms with E-state index in [1.165, 1.54) is 27.7 Å². The van der Waals surface area contributed by atoms with E-state index in [2.05, 4.69) is 0 Å². The van der Waals surface area contributed by atoms with Crippen molar-refractivity contribution in [1.82, 2.24) is 0 Å². The number of para-hydroxylation sites is 1. The number of carbonyl (C=O) groups is 4. The molecular weight excluding hydrogens is 556 g/mol. The maximum Gasteiger partial charge on any atom is 0.303 e. The molecule has 0 N–H and O–H groups in total. The smallest absolute Gasteiger partial charge is 0.303 e. The molecule has 10 nitrogen and oxygen atoms in total. The first-order chi connectivity index (χ1) is 20.6. The van der Waals surface area contributed by atoms with E-state index in [0.717, 1.165) is 22.3 Å². The minimum atomic E-state index is -1.32. The number of esters is 4. The molecule has 0 unspecified atom stereocenters. The predicted octanol–water partition coefficient (Wildman–Crippen LogP) is 4.41. The predicted molar refractivity (Wildman–Crippen MR) is 154 cm³/mol. The van der Waals surface area contributed by atoms with Gasteiger partial charge in [0.25, 0.3) is 0 Å². The maximum atomic E-state index is 12.2. The Labute approximate surface area is 249 Å². The molecule has 0 amide bonds. The second-order valence-electron chi connectivity index (χ2n) is 10.0. The standard InChI is InChI=1S/C33H34O10/c1-20(34)38-19-29-30(39-21(2)35)31(40-22(3)36)32(41-23(4)37)33(43-29)42-28-13-9-8-12-27(28)18-24-14-16-26(17-15-24)25-10-6-5-7-11-25/h5-17,29-33H,18-19H2,1-4H3/t29-,30-,31+,32-,33-/m1/s1. The molecule has 3 aromatic carbocycles. The number of rotatable bonds is 10. The van der Waals surface area contributed by atoms with Gasteiger partial charge in [0.05, 0.1) is 0 Å². The van der Waals surface area contributed by atoms with Crippen molar-refractivity contribution in [2.24, 2.45) is 0 Å². The van der Waals surface area contributed by atoms with Gasteiger partial charge >= 0.3 is 23.9 Å². The maximum absolute atomic E-state index is 12.2. The zero-order valence-electron chi connectivity index (χ0n) is 24.4. The van der Waals surface area contributed by atoms with Crippen molar-refractivity contribution in [3.05, 3.63) is 90.0 Å². The Hall–Kier alpha value is -4.70. The minimum absolute atomic E-state index is 0.340. The van der Waals surface area contributed by atoms with Gasteiger partial charge in [-0.1, -0.05) is 72.8 Å². The van der Waals surface area contributed by atoms with E-state index in [-0.39, 0.29) is 6.61 Å². The summed E-state index contributed by atoms with van der Waals surface area (Å²) < 4.78 is 34.0. The molecule has 43 heavy (non-hydrogen) atoms. The van der Waals surface area contributed by atoms with E-state index in [1.807, 2.05) is 66.7 Å². The van der Waals surface area contributed by atoms with Gasteiger partial charge < -0.3 is 28.4 Å². The van der Waals surface area contributed by atoms with Gasteiger partial charge in [0.1, 0.15) is 18.5 Å². The van der Waals surface area contributed by atoms with Crippen LogP contribution in [0.15, 0.2) is 78.9 Å². The molecular formula is C33H34O10. The highest BCUT2D eigenvalue weighted by molar-refractivity contribution is 5.69. The zero-order chi connectivity index (χ0) is 30.9. The normalized spacial score (nSPS) is 21.3. The molecule has 0 saturated carbocycles. The van der Waals surface area contributed by atoms with Crippen molar-refractivity contribution in [3.8, 4) is 16.9 Å². The van der Waals surface area contributed by atoms with E-state index in [1.54, 1.807) is 12.1 Å². The highest BCUT2D eigenvalue weighted by atomic mass is 16.7. The van der Waals surface area contributed by atoms with Crippen LogP contribution in [0.2, 0.25) is 0 Å². The number of benzene rings is 3. The van der Waals surface area contributed by atoms with Crippen LogP contribution >= 0.6 is 0 Å². The number of carbonyl (C=O) groups excluding carboxylic acids is 4. The van der Waals surface area contributed by atoms with Crippen LogP contribution in [0, 0.1) is 0 Å². The van der Waals surface area contributed by atoms with Gasteiger partial charge in [0, 0.05) is 34.1 Å². The Kier molecular flexibility index (Phi) is 10.5. The average Bonchev–Trinajstić information content (AvgIpc) is 2.96. The Balaban J connectivity index is 1.63. The largest absolute Gasteiger partial charge is 0.463 e. The van der Waals surface area contributed by atoms with E-state index in [4.69, 9.17) is 28.4 Å². The lowest BCUT2D eigenvalue weighted by Crippen LogP contribution is -2.63. The Bertz CT molecular complexity index is 1420. The average molecular weight is 591 g/mol.